The predicted octanol–water partition coefficient (Wildman–Crippen LogP) is 4.71. The molecule has 0 unspecified atom stereocenters. The lowest BCUT2D eigenvalue weighted by Gasteiger charge is -2.27. The van der Waals surface area contributed by atoms with Gasteiger partial charge in [-0.2, -0.15) is 0 Å². The molecule has 0 aliphatic heterocycles. The number of hydrogen-bond acceptors (Lipinski definition) is 3. The summed E-state index contributed by atoms with van der Waals surface area (Å²) in [5.74, 6) is -2.22. The number of carbonyl (C=O) groups excluding carboxylic acids is 1. The Morgan fingerprint density at radius 1 is 1.04 bits per heavy atom. The first-order valence-corrected chi connectivity index (χ1v) is 9.09. The maximum atomic E-state index is 12.7. The van der Waals surface area contributed by atoms with E-state index in [1.54, 1.807) is 0 Å². The molecule has 2 atom stereocenters. The van der Waals surface area contributed by atoms with Crippen LogP contribution in [-0.2, 0) is 20.7 Å². The minimum Gasteiger partial charge on any atom is -0.481 e. The molecule has 0 aromatic heterocycles. The Morgan fingerprint density at radius 2 is 1.64 bits per heavy atom. The Bertz CT molecular complexity index is 543. The van der Waals surface area contributed by atoms with Crippen molar-refractivity contribution in [2.24, 2.45) is 17.8 Å². The van der Waals surface area contributed by atoms with Gasteiger partial charge in [-0.3, -0.25) is 9.59 Å². The van der Waals surface area contributed by atoms with Gasteiger partial charge in [0, 0.05) is 0 Å². The van der Waals surface area contributed by atoms with Gasteiger partial charge in [0.05, 0.1) is 11.8 Å². The van der Waals surface area contributed by atoms with Crippen LogP contribution in [0, 0.1) is 17.8 Å². The molecule has 1 N–H and O–H groups in total. The topological polar surface area (TPSA) is 63.6 Å². The fourth-order valence-corrected chi connectivity index (χ4v) is 2.88. The number of ether oxygens (including phenoxy) is 1. The number of hydrogen-bond donors (Lipinski definition) is 1. The zero-order valence-corrected chi connectivity index (χ0v) is 16.1. The van der Waals surface area contributed by atoms with E-state index in [0.29, 0.717) is 18.8 Å². The predicted molar refractivity (Wildman–Crippen MR) is 99.3 cm³/mol. The minimum atomic E-state index is -0.941. The normalized spacial score (nSPS) is 14.2. The summed E-state index contributed by atoms with van der Waals surface area (Å²) >= 11 is 0. The highest BCUT2D eigenvalue weighted by molar-refractivity contribution is 5.81. The van der Waals surface area contributed by atoms with Crippen molar-refractivity contribution in [2.75, 3.05) is 0 Å². The molecule has 25 heavy (non-hydrogen) atoms. The van der Waals surface area contributed by atoms with E-state index in [0.717, 1.165) is 18.4 Å². The van der Waals surface area contributed by atoms with Crippen LogP contribution in [-0.4, -0.2) is 22.6 Å². The van der Waals surface area contributed by atoms with Crippen LogP contribution >= 0.6 is 0 Å². The summed E-state index contributed by atoms with van der Waals surface area (Å²) in [5.41, 5.74) is 0.302. The van der Waals surface area contributed by atoms with Gasteiger partial charge in [0.2, 0.25) is 0 Å². The molecule has 0 saturated heterocycles. The van der Waals surface area contributed by atoms with E-state index in [2.05, 4.69) is 13.8 Å². The highest BCUT2D eigenvalue weighted by Gasteiger charge is 2.36. The molecular weight excluding hydrogens is 316 g/mol. The summed E-state index contributed by atoms with van der Waals surface area (Å²) < 4.78 is 5.52. The van der Waals surface area contributed by atoms with E-state index in [4.69, 9.17) is 4.74 Å². The molecule has 0 radical (unpaired) electrons. The molecule has 0 aliphatic rings. The molecule has 0 aliphatic carbocycles. The van der Waals surface area contributed by atoms with E-state index in [-0.39, 0.29) is 0 Å². The summed E-state index contributed by atoms with van der Waals surface area (Å²) in [5, 5.41) is 9.75. The molecule has 140 valence electrons. The van der Waals surface area contributed by atoms with Crippen LogP contribution < -0.4 is 0 Å². The summed E-state index contributed by atoms with van der Waals surface area (Å²) in [7, 11) is 0. The first-order chi connectivity index (χ1) is 11.6. The number of aliphatic carboxylic acids is 1. The van der Waals surface area contributed by atoms with Crippen molar-refractivity contribution in [3.05, 3.63) is 35.9 Å². The van der Waals surface area contributed by atoms with Gasteiger partial charge in [-0.1, -0.05) is 57.0 Å². The number of carboxylic acid groups (broad SMARTS) is 1. The third-order valence-corrected chi connectivity index (χ3v) is 4.11. The average Bonchev–Trinajstić information content (AvgIpc) is 2.48. The highest BCUT2D eigenvalue weighted by atomic mass is 16.6. The Morgan fingerprint density at radius 3 is 2.12 bits per heavy atom. The quantitative estimate of drug-likeness (QED) is 0.656. The van der Waals surface area contributed by atoms with Gasteiger partial charge in [-0.05, 0) is 45.1 Å². The smallest absolute Gasteiger partial charge is 0.310 e. The number of rotatable bonds is 9. The Hall–Kier alpha value is -1.84. The average molecular weight is 348 g/mol. The molecule has 0 spiro atoms. The van der Waals surface area contributed by atoms with E-state index >= 15 is 0 Å². The first kappa shape index (κ1) is 21.2. The summed E-state index contributed by atoms with van der Waals surface area (Å²) in [6.45, 7) is 9.68. The number of carbonyl (C=O) groups is 2. The van der Waals surface area contributed by atoms with Crippen LogP contribution in [0.2, 0.25) is 0 Å². The van der Waals surface area contributed by atoms with Gasteiger partial charge in [-0.15, -0.1) is 0 Å². The van der Waals surface area contributed by atoms with Gasteiger partial charge < -0.3 is 9.84 Å². The van der Waals surface area contributed by atoms with E-state index < -0.39 is 29.4 Å². The highest BCUT2D eigenvalue weighted by Crippen LogP contribution is 2.27. The summed E-state index contributed by atoms with van der Waals surface area (Å²) in [6, 6.07) is 9.46. The molecule has 1 aromatic carbocycles. The Balaban J connectivity index is 2.97. The molecule has 4 heteroatoms. The third-order valence-electron chi connectivity index (χ3n) is 4.11. The molecule has 1 aromatic rings. The second-order valence-electron chi connectivity index (χ2n) is 8.10. The maximum absolute atomic E-state index is 12.7. The standard InChI is InChI=1S/C21H32O4/c1-15(2)10-9-13-17(20(24)25-21(3,4)5)18(19(22)23)14-16-11-7-6-8-12-16/h6-8,11-12,15,17-18H,9-10,13-14H2,1-5H3,(H,22,23)/t17-,18-/m0/s1. The van der Waals surface area contributed by atoms with E-state index in [9.17, 15) is 14.7 Å². The lowest BCUT2D eigenvalue weighted by Crippen LogP contribution is -2.36. The molecule has 1 rings (SSSR count). The van der Waals surface area contributed by atoms with Gasteiger partial charge in [0.1, 0.15) is 5.60 Å². The van der Waals surface area contributed by atoms with Gasteiger partial charge >= 0.3 is 11.9 Å². The maximum Gasteiger partial charge on any atom is 0.310 e. The lowest BCUT2D eigenvalue weighted by molar-refractivity contribution is -0.167. The fraction of sp³-hybridized carbons (Fsp3) is 0.619. The van der Waals surface area contributed by atoms with Crippen molar-refractivity contribution in [3.63, 3.8) is 0 Å². The fourth-order valence-electron chi connectivity index (χ4n) is 2.88. The number of carboxylic acids is 1. The van der Waals surface area contributed by atoms with Gasteiger partial charge in [0.25, 0.3) is 0 Å². The number of esters is 1. The van der Waals surface area contributed by atoms with Crippen molar-refractivity contribution in [1.29, 1.82) is 0 Å². The van der Waals surface area contributed by atoms with Crippen LogP contribution in [0.3, 0.4) is 0 Å². The van der Waals surface area contributed by atoms with Crippen LogP contribution in [0.5, 0.6) is 0 Å². The molecule has 0 bridgehead atoms. The van der Waals surface area contributed by atoms with Crippen LogP contribution in [0.15, 0.2) is 30.3 Å². The molecule has 0 heterocycles. The van der Waals surface area contributed by atoms with Gasteiger partial charge in [-0.25, -0.2) is 0 Å². The molecule has 0 saturated carbocycles. The van der Waals surface area contributed by atoms with E-state index in [1.807, 2.05) is 51.1 Å². The SMILES string of the molecule is CC(C)CCC[C@H](C(=O)OC(C)(C)C)[C@H](Cc1ccccc1)C(=O)O. The minimum absolute atomic E-state index is 0.335. The second kappa shape index (κ2) is 9.59. The summed E-state index contributed by atoms with van der Waals surface area (Å²) in [6.07, 6.45) is 2.66. The van der Waals surface area contributed by atoms with Crippen LogP contribution in [0.25, 0.3) is 0 Å². The molecule has 0 fully saturated rings. The summed E-state index contributed by atoms with van der Waals surface area (Å²) in [4.78, 5) is 24.6. The molecule has 0 amide bonds. The number of benzene rings is 1. The first-order valence-electron chi connectivity index (χ1n) is 9.09. The van der Waals surface area contributed by atoms with Crippen molar-refractivity contribution < 1.29 is 19.4 Å². The van der Waals surface area contributed by atoms with Crippen molar-refractivity contribution >= 4 is 11.9 Å². The van der Waals surface area contributed by atoms with E-state index in [1.165, 1.54) is 0 Å². The zero-order chi connectivity index (χ0) is 19.0. The van der Waals surface area contributed by atoms with Crippen LogP contribution in [0.1, 0.15) is 59.4 Å². The van der Waals surface area contributed by atoms with Crippen molar-refractivity contribution in [2.45, 2.75) is 65.9 Å². The van der Waals surface area contributed by atoms with Gasteiger partial charge in [0.15, 0.2) is 0 Å². The molecular formula is C21H32O4. The second-order valence-corrected chi connectivity index (χ2v) is 8.10. The lowest BCUT2D eigenvalue weighted by atomic mass is 9.83. The monoisotopic (exact) mass is 348 g/mol. The largest absolute Gasteiger partial charge is 0.481 e. The van der Waals surface area contributed by atoms with Crippen molar-refractivity contribution in [3.8, 4) is 0 Å². The molecule has 4 nitrogen and oxygen atoms in total. The Labute approximate surface area is 151 Å². The van der Waals surface area contributed by atoms with Crippen LogP contribution in [0.4, 0.5) is 0 Å². The third kappa shape index (κ3) is 8.19. The van der Waals surface area contributed by atoms with Crippen molar-refractivity contribution in [1.82, 2.24) is 0 Å². The Kier molecular flexibility index (Phi) is 8.14. The zero-order valence-electron chi connectivity index (χ0n) is 16.1.